The summed E-state index contributed by atoms with van der Waals surface area (Å²) in [5.41, 5.74) is 1.01. The number of nitrogens with one attached hydrogen (secondary N) is 1. The quantitative estimate of drug-likeness (QED) is 0.877. The Morgan fingerprint density at radius 2 is 2.00 bits per heavy atom. The molecule has 1 aromatic carbocycles. The molecule has 2 N–H and O–H groups in total. The molecule has 4 heteroatoms. The molecule has 0 spiro atoms. The highest BCUT2D eigenvalue weighted by molar-refractivity contribution is 9.10. The first-order chi connectivity index (χ1) is 7.84. The molecule has 0 bridgehead atoms. The molecule has 0 radical (unpaired) electrons. The average molecular weight is 301 g/mol. The molecule has 0 saturated heterocycles. The minimum Gasteiger partial charge on any atom is -0.506 e. The molecular formula is C13H21BrN2O. The van der Waals surface area contributed by atoms with Crippen LogP contribution in [0.2, 0.25) is 0 Å². The van der Waals surface area contributed by atoms with Crippen LogP contribution in [0.1, 0.15) is 19.4 Å². The van der Waals surface area contributed by atoms with E-state index in [2.05, 4.69) is 54.1 Å². The van der Waals surface area contributed by atoms with Crippen LogP contribution in [0.5, 0.6) is 5.75 Å². The second-order valence-electron chi connectivity index (χ2n) is 5.06. The smallest absolute Gasteiger partial charge is 0.134 e. The number of hydrogen-bond acceptors (Lipinski definition) is 3. The number of halogens is 1. The van der Waals surface area contributed by atoms with Crippen molar-refractivity contribution in [2.75, 3.05) is 20.6 Å². The SMILES string of the molecule is CN(C)C(C)(C)CNCc1cccc(Br)c1O. The van der Waals surface area contributed by atoms with E-state index in [0.717, 1.165) is 16.6 Å². The Bertz CT molecular complexity index is 378. The summed E-state index contributed by atoms with van der Waals surface area (Å²) in [6.07, 6.45) is 0. The second kappa shape index (κ2) is 5.85. The van der Waals surface area contributed by atoms with E-state index in [-0.39, 0.29) is 5.54 Å². The fourth-order valence-corrected chi connectivity index (χ4v) is 1.77. The largest absolute Gasteiger partial charge is 0.506 e. The third-order valence-corrected chi connectivity index (χ3v) is 3.79. The zero-order chi connectivity index (χ0) is 13.1. The molecule has 0 saturated carbocycles. The van der Waals surface area contributed by atoms with E-state index >= 15 is 0 Å². The van der Waals surface area contributed by atoms with Gasteiger partial charge in [-0.2, -0.15) is 0 Å². The molecular weight excluding hydrogens is 280 g/mol. The van der Waals surface area contributed by atoms with Crippen LogP contribution in [0.25, 0.3) is 0 Å². The minimum atomic E-state index is 0.0988. The van der Waals surface area contributed by atoms with Crippen molar-refractivity contribution < 1.29 is 5.11 Å². The van der Waals surface area contributed by atoms with Crippen molar-refractivity contribution in [1.82, 2.24) is 10.2 Å². The molecule has 0 amide bonds. The summed E-state index contributed by atoms with van der Waals surface area (Å²) >= 11 is 3.31. The van der Waals surface area contributed by atoms with Crippen LogP contribution >= 0.6 is 15.9 Å². The maximum Gasteiger partial charge on any atom is 0.134 e. The lowest BCUT2D eigenvalue weighted by atomic mass is 10.0. The molecule has 0 aliphatic rings. The van der Waals surface area contributed by atoms with E-state index in [1.807, 2.05) is 18.2 Å². The maximum absolute atomic E-state index is 9.84. The zero-order valence-corrected chi connectivity index (χ0v) is 12.5. The summed E-state index contributed by atoms with van der Waals surface area (Å²) in [6.45, 7) is 5.90. The first-order valence-corrected chi connectivity index (χ1v) is 6.48. The highest BCUT2D eigenvalue weighted by Gasteiger charge is 2.19. The van der Waals surface area contributed by atoms with Crippen molar-refractivity contribution in [2.24, 2.45) is 0 Å². The summed E-state index contributed by atoms with van der Waals surface area (Å²) in [6, 6.07) is 5.69. The van der Waals surface area contributed by atoms with Crippen molar-refractivity contribution in [1.29, 1.82) is 0 Å². The van der Waals surface area contributed by atoms with Gasteiger partial charge in [0.2, 0.25) is 0 Å². The Balaban J connectivity index is 2.55. The molecule has 0 aliphatic carbocycles. The van der Waals surface area contributed by atoms with Gasteiger partial charge >= 0.3 is 0 Å². The summed E-state index contributed by atoms with van der Waals surface area (Å²) in [5, 5.41) is 13.2. The topological polar surface area (TPSA) is 35.5 Å². The Hall–Kier alpha value is -0.580. The van der Waals surface area contributed by atoms with Gasteiger partial charge in [0.05, 0.1) is 4.47 Å². The average Bonchev–Trinajstić information content (AvgIpc) is 2.24. The van der Waals surface area contributed by atoms with Gasteiger partial charge in [0, 0.05) is 24.2 Å². The lowest BCUT2D eigenvalue weighted by molar-refractivity contribution is 0.189. The highest BCUT2D eigenvalue weighted by atomic mass is 79.9. The van der Waals surface area contributed by atoms with E-state index in [9.17, 15) is 5.11 Å². The van der Waals surface area contributed by atoms with E-state index < -0.39 is 0 Å². The highest BCUT2D eigenvalue weighted by Crippen LogP contribution is 2.27. The number of benzene rings is 1. The normalized spacial score (nSPS) is 12.1. The summed E-state index contributed by atoms with van der Waals surface area (Å²) in [5.74, 6) is 0.322. The van der Waals surface area contributed by atoms with Gasteiger partial charge in [-0.1, -0.05) is 12.1 Å². The predicted octanol–water partition coefficient (Wildman–Crippen LogP) is 2.58. The van der Waals surface area contributed by atoms with Gasteiger partial charge in [-0.25, -0.2) is 0 Å². The first-order valence-electron chi connectivity index (χ1n) is 5.69. The fraction of sp³-hybridized carbons (Fsp3) is 0.538. The number of likely N-dealkylation sites (N-methyl/N-ethyl adjacent to an activating group) is 1. The second-order valence-corrected chi connectivity index (χ2v) is 5.91. The standard InChI is InChI=1S/C13H21BrN2O/c1-13(2,16(3)4)9-15-8-10-6-5-7-11(14)12(10)17/h5-7,15,17H,8-9H2,1-4H3. The number of hydrogen-bond donors (Lipinski definition) is 2. The van der Waals surface area contributed by atoms with Crippen molar-refractivity contribution in [3.63, 3.8) is 0 Å². The summed E-state index contributed by atoms with van der Waals surface area (Å²) in [7, 11) is 4.14. The van der Waals surface area contributed by atoms with Crippen LogP contribution in [-0.2, 0) is 6.54 Å². The van der Waals surface area contributed by atoms with Crippen molar-refractivity contribution in [3.05, 3.63) is 28.2 Å². The van der Waals surface area contributed by atoms with Crippen LogP contribution in [0, 0.1) is 0 Å². The van der Waals surface area contributed by atoms with Crippen molar-refractivity contribution in [3.8, 4) is 5.75 Å². The molecule has 1 rings (SSSR count). The Morgan fingerprint density at radius 3 is 2.59 bits per heavy atom. The molecule has 0 unspecified atom stereocenters. The molecule has 0 heterocycles. The number of aromatic hydroxyl groups is 1. The van der Waals surface area contributed by atoms with Gasteiger partial charge < -0.3 is 15.3 Å². The molecule has 0 fully saturated rings. The predicted molar refractivity (Wildman–Crippen MR) is 75.3 cm³/mol. The van der Waals surface area contributed by atoms with Gasteiger partial charge in [0.15, 0.2) is 0 Å². The number of rotatable bonds is 5. The van der Waals surface area contributed by atoms with Crippen LogP contribution in [0.15, 0.2) is 22.7 Å². The third-order valence-electron chi connectivity index (χ3n) is 3.15. The van der Waals surface area contributed by atoms with Gasteiger partial charge in [-0.05, 0) is 49.9 Å². The monoisotopic (exact) mass is 300 g/mol. The summed E-state index contributed by atoms with van der Waals surface area (Å²) in [4.78, 5) is 2.18. The van der Waals surface area contributed by atoms with Crippen LogP contribution in [0.4, 0.5) is 0 Å². The molecule has 1 aromatic rings. The molecule has 0 aromatic heterocycles. The minimum absolute atomic E-state index is 0.0988. The number of phenolic OH excluding ortho intramolecular Hbond substituents is 1. The number of nitrogens with zero attached hydrogens (tertiary/aromatic N) is 1. The fourth-order valence-electron chi connectivity index (χ4n) is 1.36. The number of para-hydroxylation sites is 1. The lowest BCUT2D eigenvalue weighted by Gasteiger charge is -2.32. The summed E-state index contributed by atoms with van der Waals surface area (Å²) < 4.78 is 0.740. The Labute approximate surface area is 112 Å². The molecule has 96 valence electrons. The molecule has 3 nitrogen and oxygen atoms in total. The number of phenols is 1. The van der Waals surface area contributed by atoms with E-state index in [0.29, 0.717) is 12.3 Å². The molecule has 17 heavy (non-hydrogen) atoms. The van der Waals surface area contributed by atoms with Crippen LogP contribution in [0.3, 0.4) is 0 Å². The van der Waals surface area contributed by atoms with Gasteiger partial charge in [0.25, 0.3) is 0 Å². The molecule has 0 aliphatic heterocycles. The van der Waals surface area contributed by atoms with Gasteiger partial charge in [-0.15, -0.1) is 0 Å². The lowest BCUT2D eigenvalue weighted by Crippen LogP contribution is -2.46. The zero-order valence-electron chi connectivity index (χ0n) is 10.9. The van der Waals surface area contributed by atoms with Gasteiger partial charge in [0.1, 0.15) is 5.75 Å². The van der Waals surface area contributed by atoms with E-state index in [1.54, 1.807) is 0 Å². The van der Waals surface area contributed by atoms with Crippen LogP contribution < -0.4 is 5.32 Å². The maximum atomic E-state index is 9.84. The van der Waals surface area contributed by atoms with Crippen LogP contribution in [-0.4, -0.2) is 36.2 Å². The van der Waals surface area contributed by atoms with E-state index in [1.165, 1.54) is 0 Å². The Morgan fingerprint density at radius 1 is 1.35 bits per heavy atom. The van der Waals surface area contributed by atoms with E-state index in [4.69, 9.17) is 0 Å². The first kappa shape index (κ1) is 14.5. The molecule has 0 atom stereocenters. The third kappa shape index (κ3) is 3.98. The van der Waals surface area contributed by atoms with Crippen molar-refractivity contribution in [2.45, 2.75) is 25.9 Å². The van der Waals surface area contributed by atoms with Gasteiger partial charge in [-0.3, -0.25) is 0 Å². The van der Waals surface area contributed by atoms with Crippen molar-refractivity contribution >= 4 is 15.9 Å². The Kier molecular flexibility index (Phi) is 4.98.